The normalized spacial score (nSPS) is 24.5. The van der Waals surface area contributed by atoms with Gasteiger partial charge in [0.15, 0.2) is 0 Å². The summed E-state index contributed by atoms with van der Waals surface area (Å²) >= 11 is 0. The molecule has 2 aliphatic rings. The van der Waals surface area contributed by atoms with E-state index >= 15 is 0 Å². The molecule has 3 atom stereocenters. The molecule has 1 amide bonds. The van der Waals surface area contributed by atoms with Crippen LogP contribution in [0, 0.1) is 11.3 Å². The molecule has 1 saturated carbocycles. The van der Waals surface area contributed by atoms with Crippen LogP contribution in [0.25, 0.3) is 0 Å². The molecule has 28 heavy (non-hydrogen) atoms. The smallest absolute Gasteiger partial charge is 0.313 e. The highest BCUT2D eigenvalue weighted by molar-refractivity contribution is 5.95. The lowest BCUT2D eigenvalue weighted by Crippen LogP contribution is -2.31. The van der Waals surface area contributed by atoms with Gasteiger partial charge in [0, 0.05) is 11.6 Å². The molecule has 1 aliphatic carbocycles. The molecule has 1 heterocycles. The van der Waals surface area contributed by atoms with Crippen molar-refractivity contribution < 1.29 is 14.3 Å². The summed E-state index contributed by atoms with van der Waals surface area (Å²) in [5.74, 6) is -0.119. The zero-order chi connectivity index (χ0) is 19.7. The SMILES string of the molecule is C=C1CC2COC(=O)C2(Cc2ccc(NC(=O)[C@H](C)c3ccccc3)cc2)C1. The lowest BCUT2D eigenvalue weighted by atomic mass is 9.75. The summed E-state index contributed by atoms with van der Waals surface area (Å²) < 4.78 is 5.35. The van der Waals surface area contributed by atoms with E-state index < -0.39 is 5.41 Å². The van der Waals surface area contributed by atoms with Gasteiger partial charge in [-0.05, 0) is 49.4 Å². The minimum absolute atomic E-state index is 0.0379. The monoisotopic (exact) mass is 375 g/mol. The van der Waals surface area contributed by atoms with Gasteiger partial charge in [0.1, 0.15) is 0 Å². The van der Waals surface area contributed by atoms with Gasteiger partial charge in [-0.25, -0.2) is 0 Å². The van der Waals surface area contributed by atoms with E-state index in [-0.39, 0.29) is 23.7 Å². The van der Waals surface area contributed by atoms with E-state index in [4.69, 9.17) is 4.74 Å². The van der Waals surface area contributed by atoms with Crippen LogP contribution in [-0.2, 0) is 20.7 Å². The largest absolute Gasteiger partial charge is 0.465 e. The van der Waals surface area contributed by atoms with Crippen LogP contribution in [0.2, 0.25) is 0 Å². The van der Waals surface area contributed by atoms with Crippen molar-refractivity contribution in [3.05, 3.63) is 77.9 Å². The number of esters is 1. The lowest BCUT2D eigenvalue weighted by Gasteiger charge is -2.24. The predicted octanol–water partition coefficient (Wildman–Crippen LogP) is 4.48. The molecule has 2 aromatic carbocycles. The zero-order valence-corrected chi connectivity index (χ0v) is 16.1. The van der Waals surface area contributed by atoms with Crippen molar-refractivity contribution in [3.63, 3.8) is 0 Å². The van der Waals surface area contributed by atoms with Gasteiger partial charge in [-0.2, -0.15) is 0 Å². The maximum absolute atomic E-state index is 12.5. The van der Waals surface area contributed by atoms with E-state index in [1.54, 1.807) is 0 Å². The van der Waals surface area contributed by atoms with Crippen LogP contribution in [0.5, 0.6) is 0 Å². The standard InChI is InChI=1S/C24H25NO3/c1-16-12-20-15-28-23(27)24(20,13-16)14-18-8-10-21(11-9-18)25-22(26)17(2)19-6-4-3-5-7-19/h3-11,17,20H,1,12-15H2,2H3,(H,25,26)/t17-,20?,24?/m1/s1. The third-order valence-corrected chi connectivity index (χ3v) is 6.14. The maximum Gasteiger partial charge on any atom is 0.313 e. The molecular weight excluding hydrogens is 350 g/mol. The van der Waals surface area contributed by atoms with Crippen LogP contribution in [0.15, 0.2) is 66.7 Å². The molecule has 0 bridgehead atoms. The Bertz CT molecular complexity index is 903. The molecule has 4 heteroatoms. The number of amides is 1. The highest BCUT2D eigenvalue weighted by Gasteiger charge is 2.55. The molecule has 0 spiro atoms. The number of fused-ring (bicyclic) bond motifs is 1. The van der Waals surface area contributed by atoms with E-state index in [1.165, 1.54) is 0 Å². The van der Waals surface area contributed by atoms with Crippen molar-refractivity contribution >= 4 is 17.6 Å². The molecule has 2 fully saturated rings. The van der Waals surface area contributed by atoms with Crippen LogP contribution in [-0.4, -0.2) is 18.5 Å². The van der Waals surface area contributed by atoms with Gasteiger partial charge in [-0.15, -0.1) is 0 Å². The zero-order valence-electron chi connectivity index (χ0n) is 16.1. The van der Waals surface area contributed by atoms with Crippen LogP contribution >= 0.6 is 0 Å². The molecule has 1 aliphatic heterocycles. The Morgan fingerprint density at radius 2 is 1.93 bits per heavy atom. The predicted molar refractivity (Wildman–Crippen MR) is 109 cm³/mol. The second-order valence-corrected chi connectivity index (χ2v) is 8.08. The van der Waals surface area contributed by atoms with E-state index in [0.29, 0.717) is 19.4 Å². The average Bonchev–Trinajstić information content (AvgIpc) is 3.17. The average molecular weight is 375 g/mol. The Morgan fingerprint density at radius 1 is 1.21 bits per heavy atom. The topological polar surface area (TPSA) is 55.4 Å². The van der Waals surface area contributed by atoms with Gasteiger partial charge in [0.25, 0.3) is 0 Å². The summed E-state index contributed by atoms with van der Waals surface area (Å²) in [4.78, 5) is 25.0. The van der Waals surface area contributed by atoms with Gasteiger partial charge in [-0.1, -0.05) is 54.6 Å². The van der Waals surface area contributed by atoms with E-state index in [2.05, 4.69) is 11.9 Å². The Hall–Kier alpha value is -2.88. The molecule has 144 valence electrons. The Balaban J connectivity index is 1.44. The van der Waals surface area contributed by atoms with Crippen molar-refractivity contribution in [2.24, 2.45) is 11.3 Å². The second-order valence-electron chi connectivity index (χ2n) is 8.08. The van der Waals surface area contributed by atoms with E-state index in [1.807, 2.05) is 61.5 Å². The number of benzene rings is 2. The fourth-order valence-electron chi connectivity index (χ4n) is 4.48. The molecule has 2 unspecified atom stereocenters. The molecule has 0 radical (unpaired) electrons. The van der Waals surface area contributed by atoms with Crippen LogP contribution in [0.1, 0.15) is 36.8 Å². The molecule has 4 nitrogen and oxygen atoms in total. The number of hydrogen-bond acceptors (Lipinski definition) is 3. The van der Waals surface area contributed by atoms with E-state index in [0.717, 1.165) is 28.8 Å². The molecule has 2 aromatic rings. The second kappa shape index (κ2) is 7.27. The number of carbonyl (C=O) groups is 2. The fourth-order valence-corrected chi connectivity index (χ4v) is 4.48. The van der Waals surface area contributed by atoms with Crippen LogP contribution < -0.4 is 5.32 Å². The highest BCUT2D eigenvalue weighted by Crippen LogP contribution is 2.52. The van der Waals surface area contributed by atoms with Crippen LogP contribution in [0.4, 0.5) is 5.69 Å². The molecular formula is C24H25NO3. The van der Waals surface area contributed by atoms with Crippen molar-refractivity contribution in [1.82, 2.24) is 0 Å². The molecule has 1 saturated heterocycles. The summed E-state index contributed by atoms with van der Waals surface area (Å²) in [6.45, 7) is 6.49. The van der Waals surface area contributed by atoms with Crippen LogP contribution in [0.3, 0.4) is 0 Å². The van der Waals surface area contributed by atoms with Crippen molar-refractivity contribution in [2.75, 3.05) is 11.9 Å². The third kappa shape index (κ3) is 3.35. The number of cyclic esters (lactones) is 1. The minimum atomic E-state index is -0.455. The van der Waals surface area contributed by atoms with Gasteiger partial charge in [-0.3, -0.25) is 9.59 Å². The molecule has 4 rings (SSSR count). The van der Waals surface area contributed by atoms with Gasteiger partial charge < -0.3 is 10.1 Å². The van der Waals surface area contributed by atoms with Gasteiger partial charge in [0.2, 0.25) is 5.91 Å². The lowest BCUT2D eigenvalue weighted by molar-refractivity contribution is -0.146. The molecule has 1 N–H and O–H groups in total. The van der Waals surface area contributed by atoms with Crippen molar-refractivity contribution in [3.8, 4) is 0 Å². The third-order valence-electron chi connectivity index (χ3n) is 6.14. The van der Waals surface area contributed by atoms with Gasteiger partial charge in [0.05, 0.1) is 17.9 Å². The van der Waals surface area contributed by atoms with Crippen molar-refractivity contribution in [2.45, 2.75) is 32.1 Å². The van der Waals surface area contributed by atoms with Gasteiger partial charge >= 0.3 is 5.97 Å². The Kier molecular flexibility index (Phi) is 4.80. The number of anilines is 1. The first-order valence-corrected chi connectivity index (χ1v) is 9.76. The number of rotatable bonds is 5. The fraction of sp³-hybridized carbons (Fsp3) is 0.333. The number of hydrogen-bond donors (Lipinski definition) is 1. The first kappa shape index (κ1) is 18.5. The highest BCUT2D eigenvalue weighted by atomic mass is 16.5. The maximum atomic E-state index is 12.5. The summed E-state index contributed by atoms with van der Waals surface area (Å²) in [5.41, 5.74) is 3.51. The first-order valence-electron chi connectivity index (χ1n) is 9.76. The Labute approximate surface area is 165 Å². The summed E-state index contributed by atoms with van der Waals surface area (Å²) in [6.07, 6.45) is 2.24. The quantitative estimate of drug-likeness (QED) is 0.619. The number of nitrogens with one attached hydrogen (secondary N) is 1. The minimum Gasteiger partial charge on any atom is -0.465 e. The number of allylic oxidation sites excluding steroid dienone is 1. The van der Waals surface area contributed by atoms with E-state index in [9.17, 15) is 9.59 Å². The molecule has 0 aromatic heterocycles. The first-order chi connectivity index (χ1) is 13.5. The number of ether oxygens (including phenoxy) is 1. The van der Waals surface area contributed by atoms with Crippen molar-refractivity contribution in [1.29, 1.82) is 0 Å². The Morgan fingerprint density at radius 3 is 2.64 bits per heavy atom. The summed E-state index contributed by atoms with van der Waals surface area (Å²) in [7, 11) is 0. The summed E-state index contributed by atoms with van der Waals surface area (Å²) in [6, 6.07) is 17.5. The summed E-state index contributed by atoms with van der Waals surface area (Å²) in [5, 5.41) is 2.98. The number of carbonyl (C=O) groups excluding carboxylic acids is 2.